The lowest BCUT2D eigenvalue weighted by molar-refractivity contribution is -0.139. The lowest BCUT2D eigenvalue weighted by Gasteiger charge is -2.25. The Bertz CT molecular complexity index is 601. The quantitative estimate of drug-likeness (QED) is 0.785. The number of carbonyl (C=O) groups excluding carboxylic acids is 1. The molecule has 3 N–H and O–H groups in total. The molecule has 1 amide bonds. The van der Waals surface area contributed by atoms with E-state index in [9.17, 15) is 18.7 Å². The molecular formula is C15H18F2N2O2. The first-order valence-corrected chi connectivity index (χ1v) is 7.01. The van der Waals surface area contributed by atoms with Crippen molar-refractivity contribution in [3.05, 3.63) is 29.3 Å². The fraction of sp³-hybridized carbons (Fsp3) is 0.533. The summed E-state index contributed by atoms with van der Waals surface area (Å²) in [6.07, 6.45) is 0.488. The maximum Gasteiger partial charge on any atom is 0.352 e. The van der Waals surface area contributed by atoms with Crippen LogP contribution in [0.5, 0.6) is 0 Å². The predicted molar refractivity (Wildman–Crippen MR) is 74.2 cm³/mol. The molecule has 0 aromatic heterocycles. The summed E-state index contributed by atoms with van der Waals surface area (Å²) in [5.74, 6) is -4.93. The molecule has 1 fully saturated rings. The number of amides is 1. The molecular weight excluding hydrogens is 278 g/mol. The van der Waals surface area contributed by atoms with Crippen LogP contribution >= 0.6 is 0 Å². The van der Waals surface area contributed by atoms with Crippen LogP contribution in [0.4, 0.5) is 14.5 Å². The van der Waals surface area contributed by atoms with E-state index in [2.05, 4.69) is 10.6 Å². The van der Waals surface area contributed by atoms with Crippen molar-refractivity contribution in [3.8, 4) is 0 Å². The van der Waals surface area contributed by atoms with E-state index in [-0.39, 0.29) is 22.8 Å². The van der Waals surface area contributed by atoms with Gasteiger partial charge in [-0.3, -0.25) is 4.79 Å². The SMILES string of the molecule is CC1(C)CC[C@@H]([C@H](O)c2cccc3c2C(F)(F)C(=O)N3)N1. The number of hydrogen-bond acceptors (Lipinski definition) is 3. The van der Waals surface area contributed by atoms with Crippen molar-refractivity contribution in [2.75, 3.05) is 5.32 Å². The van der Waals surface area contributed by atoms with E-state index in [1.807, 2.05) is 13.8 Å². The summed E-state index contributed by atoms with van der Waals surface area (Å²) in [6.45, 7) is 4.02. The maximum absolute atomic E-state index is 14.0. The Morgan fingerprint density at radius 3 is 2.71 bits per heavy atom. The van der Waals surface area contributed by atoms with Gasteiger partial charge in [0.1, 0.15) is 0 Å². The van der Waals surface area contributed by atoms with E-state index in [4.69, 9.17) is 0 Å². The molecule has 2 heterocycles. The Morgan fingerprint density at radius 2 is 2.10 bits per heavy atom. The summed E-state index contributed by atoms with van der Waals surface area (Å²) in [4.78, 5) is 11.4. The second-order valence-corrected chi connectivity index (χ2v) is 6.42. The number of aliphatic hydroxyl groups excluding tert-OH is 1. The van der Waals surface area contributed by atoms with E-state index in [0.29, 0.717) is 6.42 Å². The Morgan fingerprint density at radius 1 is 1.38 bits per heavy atom. The molecule has 1 aromatic carbocycles. The number of nitrogens with one attached hydrogen (secondary N) is 2. The number of alkyl halides is 2. The third kappa shape index (κ3) is 2.22. The Kier molecular flexibility index (Phi) is 3.07. The van der Waals surface area contributed by atoms with Crippen LogP contribution in [-0.2, 0) is 10.7 Å². The summed E-state index contributed by atoms with van der Waals surface area (Å²) in [5.41, 5.74) is -0.320. The normalized spacial score (nSPS) is 27.3. The Labute approximate surface area is 121 Å². The molecule has 0 spiro atoms. The van der Waals surface area contributed by atoms with E-state index in [0.717, 1.165) is 6.42 Å². The van der Waals surface area contributed by atoms with Crippen molar-refractivity contribution >= 4 is 11.6 Å². The highest BCUT2D eigenvalue weighted by Crippen LogP contribution is 2.45. The fourth-order valence-corrected chi connectivity index (χ4v) is 3.20. The standard InChI is InChI=1S/C15H18F2N2O2/c1-14(2)7-6-10(19-14)12(20)8-4-3-5-9-11(8)15(16,17)13(21)18-9/h3-5,10,12,19-20H,6-7H2,1-2H3,(H,18,21)/t10-,12+/m0/s1. The van der Waals surface area contributed by atoms with E-state index >= 15 is 0 Å². The minimum absolute atomic E-state index is 0.0822. The van der Waals surface area contributed by atoms with E-state index in [1.165, 1.54) is 12.1 Å². The van der Waals surface area contributed by atoms with Gasteiger partial charge in [0.2, 0.25) is 0 Å². The van der Waals surface area contributed by atoms with Crippen LogP contribution in [0.1, 0.15) is 43.9 Å². The van der Waals surface area contributed by atoms with Crippen LogP contribution in [0.3, 0.4) is 0 Å². The number of aliphatic hydroxyl groups is 1. The number of halogens is 2. The third-order valence-electron chi connectivity index (χ3n) is 4.30. The molecule has 4 nitrogen and oxygen atoms in total. The highest BCUT2D eigenvalue weighted by Gasteiger charge is 2.51. The van der Waals surface area contributed by atoms with Gasteiger partial charge in [0.05, 0.1) is 17.4 Å². The van der Waals surface area contributed by atoms with Gasteiger partial charge in [-0.2, -0.15) is 8.78 Å². The number of carbonyl (C=O) groups is 1. The Hall–Kier alpha value is -1.53. The highest BCUT2D eigenvalue weighted by molar-refractivity contribution is 6.04. The molecule has 114 valence electrons. The molecule has 21 heavy (non-hydrogen) atoms. The number of fused-ring (bicyclic) bond motifs is 1. The average molecular weight is 296 g/mol. The predicted octanol–water partition coefficient (Wildman–Crippen LogP) is 2.29. The molecule has 0 radical (unpaired) electrons. The largest absolute Gasteiger partial charge is 0.387 e. The van der Waals surface area contributed by atoms with Crippen LogP contribution in [0.2, 0.25) is 0 Å². The van der Waals surface area contributed by atoms with Crippen molar-refractivity contribution in [1.29, 1.82) is 0 Å². The van der Waals surface area contributed by atoms with Gasteiger partial charge in [-0.25, -0.2) is 0 Å². The zero-order valence-electron chi connectivity index (χ0n) is 11.9. The molecule has 2 aliphatic heterocycles. The van der Waals surface area contributed by atoms with Crippen LogP contribution in [-0.4, -0.2) is 22.6 Å². The second kappa shape index (κ2) is 4.48. The lowest BCUT2D eigenvalue weighted by atomic mass is 9.93. The molecule has 2 atom stereocenters. The van der Waals surface area contributed by atoms with Gasteiger partial charge in [-0.1, -0.05) is 12.1 Å². The number of hydrogen-bond donors (Lipinski definition) is 3. The molecule has 0 bridgehead atoms. The molecule has 0 saturated carbocycles. The molecule has 2 aliphatic rings. The van der Waals surface area contributed by atoms with Crippen LogP contribution < -0.4 is 10.6 Å². The van der Waals surface area contributed by atoms with Crippen molar-refractivity contribution in [2.24, 2.45) is 0 Å². The topological polar surface area (TPSA) is 61.4 Å². The number of anilines is 1. The van der Waals surface area contributed by atoms with Crippen molar-refractivity contribution in [1.82, 2.24) is 5.32 Å². The first-order chi connectivity index (χ1) is 9.72. The smallest absolute Gasteiger partial charge is 0.352 e. The first-order valence-electron chi connectivity index (χ1n) is 7.01. The lowest BCUT2D eigenvalue weighted by Crippen LogP contribution is -2.40. The van der Waals surface area contributed by atoms with Gasteiger partial charge in [-0.15, -0.1) is 0 Å². The molecule has 6 heteroatoms. The van der Waals surface area contributed by atoms with Gasteiger partial charge in [0.15, 0.2) is 0 Å². The first kappa shape index (κ1) is 14.4. The van der Waals surface area contributed by atoms with Gasteiger partial charge >= 0.3 is 5.92 Å². The monoisotopic (exact) mass is 296 g/mol. The van der Waals surface area contributed by atoms with Gasteiger partial charge in [-0.05, 0) is 38.3 Å². The minimum Gasteiger partial charge on any atom is -0.387 e. The minimum atomic E-state index is -3.60. The van der Waals surface area contributed by atoms with Crippen LogP contribution in [0, 0.1) is 0 Å². The van der Waals surface area contributed by atoms with Gasteiger partial charge in [0.25, 0.3) is 5.91 Å². The van der Waals surface area contributed by atoms with E-state index in [1.54, 1.807) is 6.07 Å². The number of benzene rings is 1. The summed E-state index contributed by atoms with van der Waals surface area (Å²) in [7, 11) is 0. The van der Waals surface area contributed by atoms with Crippen LogP contribution in [0.15, 0.2) is 18.2 Å². The molecule has 0 aliphatic carbocycles. The maximum atomic E-state index is 14.0. The fourth-order valence-electron chi connectivity index (χ4n) is 3.20. The van der Waals surface area contributed by atoms with Gasteiger partial charge in [0, 0.05) is 11.6 Å². The zero-order chi connectivity index (χ0) is 15.4. The zero-order valence-corrected chi connectivity index (χ0v) is 11.9. The molecule has 3 rings (SSSR count). The van der Waals surface area contributed by atoms with Crippen LogP contribution in [0.25, 0.3) is 0 Å². The third-order valence-corrected chi connectivity index (χ3v) is 4.30. The van der Waals surface area contributed by atoms with Crippen molar-refractivity contribution in [3.63, 3.8) is 0 Å². The van der Waals surface area contributed by atoms with Gasteiger partial charge < -0.3 is 15.7 Å². The highest BCUT2D eigenvalue weighted by atomic mass is 19.3. The molecule has 1 saturated heterocycles. The van der Waals surface area contributed by atoms with Crippen molar-refractivity contribution < 1.29 is 18.7 Å². The summed E-state index contributed by atoms with van der Waals surface area (Å²) in [6, 6.07) is 4.17. The Balaban J connectivity index is 1.98. The molecule has 0 unspecified atom stereocenters. The summed E-state index contributed by atoms with van der Waals surface area (Å²) < 4.78 is 28.1. The van der Waals surface area contributed by atoms with E-state index < -0.39 is 23.5 Å². The van der Waals surface area contributed by atoms with Crippen molar-refractivity contribution in [2.45, 2.75) is 50.3 Å². The second-order valence-electron chi connectivity index (χ2n) is 6.42. The summed E-state index contributed by atoms with van der Waals surface area (Å²) in [5, 5.41) is 15.9. The molecule has 1 aromatic rings. The summed E-state index contributed by atoms with van der Waals surface area (Å²) >= 11 is 0. The number of rotatable bonds is 2. The average Bonchev–Trinajstić information content (AvgIpc) is 2.87.